The minimum atomic E-state index is -0.419. The van der Waals surface area contributed by atoms with E-state index in [2.05, 4.69) is 15.9 Å². The van der Waals surface area contributed by atoms with Gasteiger partial charge >= 0.3 is 0 Å². The lowest BCUT2D eigenvalue weighted by atomic mass is 10.1. The lowest BCUT2D eigenvalue weighted by Crippen LogP contribution is -2.27. The Hall–Kier alpha value is -2.64. The van der Waals surface area contributed by atoms with Crippen LogP contribution in [0.25, 0.3) is 17.0 Å². The molecule has 1 aliphatic heterocycles. The number of benzene rings is 2. The van der Waals surface area contributed by atoms with Gasteiger partial charge in [-0.25, -0.2) is 0 Å². The van der Waals surface area contributed by atoms with Crippen molar-refractivity contribution >= 4 is 55.9 Å². The fraction of sp³-hybridized carbons (Fsp3) is 0.0500. The molecule has 134 valence electrons. The number of rotatable bonds is 3. The summed E-state index contributed by atoms with van der Waals surface area (Å²) in [7, 11) is 0. The van der Waals surface area contributed by atoms with Crippen molar-refractivity contribution in [2.24, 2.45) is 0 Å². The third-order valence-corrected chi connectivity index (χ3v) is 5.50. The minimum Gasteiger partial charge on any atom is -0.463 e. The molecule has 0 saturated carbocycles. The molecular formula is C20H12BrNO4S. The molecule has 1 saturated heterocycles. The Morgan fingerprint density at radius 3 is 2.70 bits per heavy atom. The Morgan fingerprint density at radius 2 is 1.89 bits per heavy atom. The topological polar surface area (TPSA) is 67.6 Å². The van der Waals surface area contributed by atoms with Gasteiger partial charge in [0.25, 0.3) is 11.1 Å². The van der Waals surface area contributed by atoms with Gasteiger partial charge < -0.3 is 4.42 Å². The highest BCUT2D eigenvalue weighted by Crippen LogP contribution is 2.33. The van der Waals surface area contributed by atoms with Crippen molar-refractivity contribution in [3.63, 3.8) is 0 Å². The van der Waals surface area contributed by atoms with Gasteiger partial charge in [0, 0.05) is 4.47 Å². The Bertz CT molecular complexity index is 1170. The lowest BCUT2D eigenvalue weighted by molar-refractivity contribution is -0.123. The third kappa shape index (κ3) is 3.48. The highest BCUT2D eigenvalue weighted by molar-refractivity contribution is 9.10. The van der Waals surface area contributed by atoms with Crippen molar-refractivity contribution in [1.82, 2.24) is 4.90 Å². The normalized spacial score (nSPS) is 15.9. The summed E-state index contributed by atoms with van der Waals surface area (Å²) in [6, 6.07) is 14.3. The van der Waals surface area contributed by atoms with Crippen LogP contribution < -0.4 is 5.43 Å². The summed E-state index contributed by atoms with van der Waals surface area (Å²) in [5.41, 5.74) is 1.30. The molecule has 3 aromatic rings. The van der Waals surface area contributed by atoms with Gasteiger partial charge in [-0.05, 0) is 47.7 Å². The molecule has 5 nitrogen and oxygen atoms in total. The van der Waals surface area contributed by atoms with Crippen molar-refractivity contribution in [1.29, 1.82) is 0 Å². The number of thioether (sulfide) groups is 1. The maximum Gasteiger partial charge on any atom is 0.293 e. The van der Waals surface area contributed by atoms with Gasteiger partial charge in [0.15, 0.2) is 5.43 Å². The molecule has 0 radical (unpaired) electrons. The van der Waals surface area contributed by atoms with E-state index in [9.17, 15) is 14.4 Å². The number of halogens is 1. The summed E-state index contributed by atoms with van der Waals surface area (Å²) in [6.45, 7) is 0.174. The number of hydrogen-bond acceptors (Lipinski definition) is 5. The average molecular weight is 442 g/mol. The number of imide groups is 1. The predicted octanol–water partition coefficient (Wildman–Crippen LogP) is 4.79. The van der Waals surface area contributed by atoms with Gasteiger partial charge in [-0.15, -0.1) is 0 Å². The zero-order valence-corrected chi connectivity index (χ0v) is 16.2. The summed E-state index contributed by atoms with van der Waals surface area (Å²) in [6.07, 6.45) is 2.73. The van der Waals surface area contributed by atoms with Gasteiger partial charge in [-0.3, -0.25) is 19.3 Å². The number of para-hydroxylation sites is 1. The van der Waals surface area contributed by atoms with E-state index >= 15 is 0 Å². The Kier molecular flexibility index (Phi) is 4.72. The molecule has 7 heteroatoms. The van der Waals surface area contributed by atoms with Crippen LogP contribution in [0.5, 0.6) is 0 Å². The number of nitrogens with zero attached hydrogens (tertiary/aromatic N) is 1. The first kappa shape index (κ1) is 17.8. The third-order valence-electron chi connectivity index (χ3n) is 4.10. The maximum atomic E-state index is 12.7. The molecule has 2 aromatic carbocycles. The highest BCUT2D eigenvalue weighted by atomic mass is 79.9. The van der Waals surface area contributed by atoms with E-state index in [-0.39, 0.29) is 27.7 Å². The monoisotopic (exact) mass is 441 g/mol. The van der Waals surface area contributed by atoms with Gasteiger partial charge in [-0.2, -0.15) is 0 Å². The summed E-state index contributed by atoms with van der Waals surface area (Å²) in [5, 5.41) is 0.0658. The van der Waals surface area contributed by atoms with E-state index in [1.54, 1.807) is 24.3 Å². The molecule has 1 fully saturated rings. The number of fused-ring (bicyclic) bond motifs is 1. The van der Waals surface area contributed by atoms with Gasteiger partial charge in [0.05, 0.1) is 22.4 Å². The number of carbonyl (C=O) groups is 2. The van der Waals surface area contributed by atoms with Crippen LogP contribution in [-0.4, -0.2) is 16.0 Å². The first-order valence-electron chi connectivity index (χ1n) is 8.03. The SMILES string of the molecule is O=C1S/C(=C\c2coc3ccccc3c2=O)C(=O)N1Cc1cccc(Br)c1. The van der Waals surface area contributed by atoms with E-state index in [4.69, 9.17) is 4.42 Å². The number of amides is 2. The van der Waals surface area contributed by atoms with Crippen molar-refractivity contribution in [2.75, 3.05) is 0 Å². The smallest absolute Gasteiger partial charge is 0.293 e. The molecule has 1 aliphatic rings. The van der Waals surface area contributed by atoms with Gasteiger partial charge in [0.2, 0.25) is 0 Å². The zero-order chi connectivity index (χ0) is 19.0. The Balaban J connectivity index is 1.65. The van der Waals surface area contributed by atoms with Crippen molar-refractivity contribution in [2.45, 2.75) is 6.54 Å². The highest BCUT2D eigenvalue weighted by Gasteiger charge is 2.35. The van der Waals surface area contributed by atoms with Crippen LogP contribution in [0.4, 0.5) is 4.79 Å². The van der Waals surface area contributed by atoms with Crippen LogP contribution >= 0.6 is 27.7 Å². The molecule has 4 rings (SSSR count). The van der Waals surface area contributed by atoms with Crippen LogP contribution in [0, 0.1) is 0 Å². The molecule has 0 unspecified atom stereocenters. The Morgan fingerprint density at radius 1 is 1.07 bits per heavy atom. The number of hydrogen-bond donors (Lipinski definition) is 0. The zero-order valence-electron chi connectivity index (χ0n) is 13.8. The van der Waals surface area contributed by atoms with Gasteiger partial charge in [0.1, 0.15) is 11.8 Å². The van der Waals surface area contributed by atoms with Crippen LogP contribution in [0.2, 0.25) is 0 Å². The largest absolute Gasteiger partial charge is 0.463 e. The Labute approximate surface area is 166 Å². The standard InChI is InChI=1S/C20H12BrNO4S/c21-14-5-3-4-12(8-14)10-22-19(24)17(27-20(22)25)9-13-11-26-16-7-2-1-6-15(16)18(13)23/h1-9,11H,10H2/b17-9-. The molecule has 2 amide bonds. The van der Waals surface area contributed by atoms with Crippen LogP contribution in [0.1, 0.15) is 11.1 Å². The fourth-order valence-electron chi connectivity index (χ4n) is 2.79. The number of carbonyl (C=O) groups excluding carboxylic acids is 2. The molecule has 0 aliphatic carbocycles. The molecule has 0 N–H and O–H groups in total. The molecule has 0 atom stereocenters. The summed E-state index contributed by atoms with van der Waals surface area (Å²) in [5.74, 6) is -0.419. The average Bonchev–Trinajstić information content (AvgIpc) is 2.92. The quantitative estimate of drug-likeness (QED) is 0.546. The molecule has 0 spiro atoms. The van der Waals surface area contributed by atoms with E-state index in [1.807, 2.05) is 24.3 Å². The first-order chi connectivity index (χ1) is 13.0. The maximum absolute atomic E-state index is 12.7. The van der Waals surface area contributed by atoms with E-state index in [0.29, 0.717) is 11.0 Å². The molecule has 27 heavy (non-hydrogen) atoms. The molecule has 1 aromatic heterocycles. The summed E-state index contributed by atoms with van der Waals surface area (Å²) in [4.78, 5) is 38.9. The van der Waals surface area contributed by atoms with E-state index in [0.717, 1.165) is 21.8 Å². The molecule has 0 bridgehead atoms. The van der Waals surface area contributed by atoms with Crippen LogP contribution in [-0.2, 0) is 11.3 Å². The summed E-state index contributed by atoms with van der Waals surface area (Å²) >= 11 is 4.20. The predicted molar refractivity (Wildman–Crippen MR) is 108 cm³/mol. The lowest BCUT2D eigenvalue weighted by Gasteiger charge is -2.12. The van der Waals surface area contributed by atoms with Crippen molar-refractivity contribution in [3.8, 4) is 0 Å². The van der Waals surface area contributed by atoms with E-state index < -0.39 is 5.91 Å². The summed E-state index contributed by atoms with van der Waals surface area (Å²) < 4.78 is 6.33. The van der Waals surface area contributed by atoms with Crippen LogP contribution in [0.3, 0.4) is 0 Å². The second-order valence-corrected chi connectivity index (χ2v) is 7.82. The second kappa shape index (κ2) is 7.17. The van der Waals surface area contributed by atoms with Crippen LogP contribution in [0.15, 0.2) is 73.4 Å². The molecule has 2 heterocycles. The van der Waals surface area contributed by atoms with E-state index in [1.165, 1.54) is 17.2 Å². The second-order valence-electron chi connectivity index (χ2n) is 5.91. The fourth-order valence-corrected chi connectivity index (χ4v) is 4.06. The van der Waals surface area contributed by atoms with Crippen molar-refractivity contribution in [3.05, 3.63) is 85.5 Å². The van der Waals surface area contributed by atoms with Gasteiger partial charge in [-0.1, -0.05) is 40.2 Å². The minimum absolute atomic E-state index is 0.174. The van der Waals surface area contributed by atoms with Crippen molar-refractivity contribution < 1.29 is 14.0 Å². The molecular weight excluding hydrogens is 430 g/mol. The first-order valence-corrected chi connectivity index (χ1v) is 9.64.